The van der Waals surface area contributed by atoms with Gasteiger partial charge in [-0.3, -0.25) is 0 Å². The Bertz CT molecular complexity index is 2860. The average Bonchev–Trinajstić information content (AvgIpc) is 3.98. The molecule has 0 bridgehead atoms. The predicted molar refractivity (Wildman–Crippen MR) is 166 cm³/mol. The van der Waals surface area contributed by atoms with Crippen LogP contribution in [0.3, 0.4) is 0 Å². The van der Waals surface area contributed by atoms with Crippen LogP contribution < -0.4 is 31.3 Å². The molecule has 21 heteroatoms. The lowest BCUT2D eigenvalue weighted by Gasteiger charge is -2.01. The number of aromatic nitrogens is 3. The minimum absolute atomic E-state index is 0.147. The van der Waals surface area contributed by atoms with Gasteiger partial charge in [-0.1, -0.05) is 11.3 Å². The Balaban J connectivity index is 1.79. The summed E-state index contributed by atoms with van der Waals surface area (Å²) in [6, 6.07) is 5.42. The van der Waals surface area contributed by atoms with Crippen molar-refractivity contribution < 1.29 is 43.9 Å². The molecule has 0 atom stereocenters. The summed E-state index contributed by atoms with van der Waals surface area (Å²) < 4.78 is 148. The van der Waals surface area contributed by atoms with Crippen LogP contribution in [0, 0.1) is 76.3 Å². The van der Waals surface area contributed by atoms with E-state index >= 15 is 26.3 Å². The maximum Gasteiger partial charge on any atom is 0.401 e. The van der Waals surface area contributed by atoms with Gasteiger partial charge in [0.05, 0.1) is 29.9 Å². The zero-order chi connectivity index (χ0) is 39.1. The van der Waals surface area contributed by atoms with E-state index in [0.29, 0.717) is 0 Å². The number of rotatable bonds is 3. The number of fused-ring (bicyclic) bond motifs is 6. The maximum absolute atomic E-state index is 16.7. The van der Waals surface area contributed by atoms with E-state index in [1.54, 1.807) is 0 Å². The van der Waals surface area contributed by atoms with Crippen LogP contribution in [-0.4, -0.2) is 15.0 Å². The number of hydrogen-bond acceptors (Lipinski definition) is 10. The van der Waals surface area contributed by atoms with Gasteiger partial charge in [-0.25, -0.2) is 41.2 Å². The monoisotopic (exact) mass is 773 g/mol. The van der Waals surface area contributed by atoms with E-state index in [4.69, 9.17) is 28.1 Å². The fourth-order valence-electron chi connectivity index (χ4n) is 5.80. The van der Waals surface area contributed by atoms with Gasteiger partial charge in [-0.2, -0.15) is 44.0 Å². The Hall–Kier alpha value is -7.56. The first-order valence-corrected chi connectivity index (χ1v) is 15.4. The van der Waals surface area contributed by atoms with Crippen molar-refractivity contribution in [3.8, 4) is 24.3 Å². The average molecular weight is 774 g/mol. The molecule has 0 amide bonds. The van der Waals surface area contributed by atoms with E-state index in [1.165, 1.54) is 24.3 Å². The van der Waals surface area contributed by atoms with Gasteiger partial charge in [0.25, 0.3) is 5.95 Å². The molecule has 3 aliphatic rings. The summed E-state index contributed by atoms with van der Waals surface area (Å²) in [5.74, 6) is -18.7. The maximum atomic E-state index is 16.7. The minimum atomic E-state index is -1.99. The van der Waals surface area contributed by atoms with Crippen LogP contribution in [0.25, 0.3) is 61.5 Å². The second-order valence-corrected chi connectivity index (χ2v) is 12.4. The third-order valence-electron chi connectivity index (χ3n) is 7.88. The Morgan fingerprint density at radius 1 is 0.556 bits per heavy atom. The molecule has 3 aromatic heterocycles. The van der Waals surface area contributed by atoms with Gasteiger partial charge in [-0.05, 0) is 0 Å². The largest absolute Gasteiger partial charge is 0.460 e. The summed E-state index contributed by atoms with van der Waals surface area (Å²) in [6.07, 6.45) is 0. The van der Waals surface area contributed by atoms with Gasteiger partial charge in [0, 0.05) is 31.3 Å². The van der Waals surface area contributed by atoms with Crippen LogP contribution in [-0.2, 0) is 0 Å². The second kappa shape index (κ2) is 12.3. The van der Waals surface area contributed by atoms with Gasteiger partial charge in [0.2, 0.25) is 23.5 Å². The lowest BCUT2D eigenvalue weighted by Crippen LogP contribution is -2.64. The molecule has 0 N–H and O–H groups in total. The highest BCUT2D eigenvalue weighted by molar-refractivity contribution is 7.13. The molecule has 54 heavy (non-hydrogen) atoms. The normalized spacial score (nSPS) is 16.9. The summed E-state index contributed by atoms with van der Waals surface area (Å²) in [5.41, 5.74) is -8.06. The van der Waals surface area contributed by atoms with Gasteiger partial charge in [0.1, 0.15) is 80.4 Å². The molecule has 0 saturated carbocycles. The highest BCUT2D eigenvalue weighted by atomic mass is 32.1. The number of hydrogen-bond donors (Lipinski definition) is 0. The molecular formula is C33F9N9OS2. The van der Waals surface area contributed by atoms with Gasteiger partial charge in [0.15, 0.2) is 9.75 Å². The number of halogens is 9. The third-order valence-corrected chi connectivity index (χ3v) is 9.78. The SMILES string of the molecule is [C-]#[N+]/C(=C1\C(F)=c2c3c(c4c(c2=C1F)=C(F)/C(=C(\C#N)c1nc(F)c(C#N)s1)C=4F)=C(F)/C(=C(\C#N)c1nc(F)c([N+]#[C-])o1)C=3F)c1nc(F)c(C#N)s1. The molecule has 0 aliphatic heterocycles. The van der Waals surface area contributed by atoms with Gasteiger partial charge in [-0.15, -0.1) is 11.3 Å². The van der Waals surface area contributed by atoms with Crippen LogP contribution in [0.5, 0.6) is 0 Å². The van der Waals surface area contributed by atoms with E-state index in [2.05, 4.69) is 24.6 Å². The zero-order valence-corrected chi connectivity index (χ0v) is 26.8. The number of thiazole rings is 2. The molecule has 0 radical (unpaired) electrons. The molecule has 258 valence electrons. The molecule has 0 spiro atoms. The van der Waals surface area contributed by atoms with Crippen molar-refractivity contribution in [1.82, 2.24) is 15.0 Å². The molecule has 7 rings (SSSR count). The smallest absolute Gasteiger partial charge is 0.401 e. The van der Waals surface area contributed by atoms with Crippen molar-refractivity contribution in [1.29, 1.82) is 21.0 Å². The molecule has 0 fully saturated rings. The van der Waals surface area contributed by atoms with E-state index in [9.17, 15) is 23.7 Å². The van der Waals surface area contributed by atoms with Crippen molar-refractivity contribution in [2.45, 2.75) is 0 Å². The molecule has 0 unspecified atom stereocenters. The topological polar surface area (TPSA) is 156 Å². The van der Waals surface area contributed by atoms with Gasteiger partial charge >= 0.3 is 5.88 Å². The molecule has 4 aromatic rings. The van der Waals surface area contributed by atoms with Gasteiger partial charge < -0.3 is 4.42 Å². The first kappa shape index (κ1) is 34.9. The summed E-state index contributed by atoms with van der Waals surface area (Å²) >= 11 is 0.301. The molecule has 3 aliphatic carbocycles. The van der Waals surface area contributed by atoms with Crippen molar-refractivity contribution in [3.05, 3.63) is 114 Å². The fraction of sp³-hybridized carbons (Fsp3) is 0. The van der Waals surface area contributed by atoms with Crippen molar-refractivity contribution in [2.24, 2.45) is 0 Å². The first-order valence-electron chi connectivity index (χ1n) is 13.8. The van der Waals surface area contributed by atoms with Crippen molar-refractivity contribution in [2.75, 3.05) is 0 Å². The number of benzene rings is 1. The standard InChI is InChI=1S/C33F9N9OS2/c1-47-26(33-51-28(41)10(6-46)54-33)19-24(38)17-15-13(20(34)11(21(15)35)7(3-43)30-49-29(42)31(48-2)52-30)14-16(18(17)25(19)39)23(37)12(22(14)36)8(4-44)32-50-27(40)9(5-45)53-32/b11-7-,12-8+,26-19+. The van der Waals surface area contributed by atoms with Crippen molar-refractivity contribution >= 4 is 80.4 Å². The van der Waals surface area contributed by atoms with Crippen LogP contribution in [0.2, 0.25) is 0 Å². The first-order chi connectivity index (χ1) is 25.8. The Kier molecular flexibility index (Phi) is 7.94. The number of oxazole rings is 1. The summed E-state index contributed by atoms with van der Waals surface area (Å²) in [4.78, 5) is 13.9. The van der Waals surface area contributed by atoms with Crippen LogP contribution in [0.4, 0.5) is 45.4 Å². The molecule has 1 aromatic carbocycles. The number of nitriles is 4. The molecule has 3 heterocycles. The minimum Gasteiger partial charge on any atom is -0.460 e. The van der Waals surface area contributed by atoms with Crippen LogP contribution >= 0.6 is 22.7 Å². The number of allylic oxidation sites excluding steroid dienone is 5. The highest BCUT2D eigenvalue weighted by Gasteiger charge is 2.39. The molecule has 10 nitrogen and oxygen atoms in total. The Morgan fingerprint density at radius 2 is 0.963 bits per heavy atom. The lowest BCUT2D eigenvalue weighted by molar-refractivity contribution is 0.551. The molecule has 0 saturated heterocycles. The second-order valence-electron chi connectivity index (χ2n) is 10.4. The van der Waals surface area contributed by atoms with Crippen LogP contribution in [0.15, 0.2) is 21.1 Å². The zero-order valence-electron chi connectivity index (χ0n) is 25.2. The van der Waals surface area contributed by atoms with Crippen molar-refractivity contribution in [3.63, 3.8) is 0 Å². The summed E-state index contributed by atoms with van der Waals surface area (Å²) in [6.45, 7) is 14.5. The Labute approximate surface area is 298 Å². The lowest BCUT2D eigenvalue weighted by atomic mass is 10.1. The van der Waals surface area contributed by atoms with E-state index in [1.807, 2.05) is 0 Å². The van der Waals surface area contributed by atoms with Crippen LogP contribution in [0.1, 0.15) is 25.7 Å². The van der Waals surface area contributed by atoms with E-state index in [0.717, 1.165) is 0 Å². The third kappa shape index (κ3) is 4.50. The predicted octanol–water partition coefficient (Wildman–Crippen LogP) is 4.09. The van der Waals surface area contributed by atoms with E-state index in [-0.39, 0.29) is 22.7 Å². The quantitative estimate of drug-likeness (QED) is 0.171. The summed E-state index contributed by atoms with van der Waals surface area (Å²) in [5, 5.41) is 28.2. The summed E-state index contributed by atoms with van der Waals surface area (Å²) in [7, 11) is 0. The van der Waals surface area contributed by atoms with E-state index < -0.39 is 149 Å². The molecular weight excluding hydrogens is 774 g/mol. The fourth-order valence-corrected chi connectivity index (χ4v) is 7.29. The highest BCUT2D eigenvalue weighted by Crippen LogP contribution is 2.39. The number of nitrogens with zero attached hydrogens (tertiary/aromatic N) is 9. The Morgan fingerprint density at radius 3 is 1.33 bits per heavy atom.